The van der Waals surface area contributed by atoms with E-state index >= 15 is 0 Å². The second-order valence-corrected chi connectivity index (χ2v) is 6.04. The standard InChI is InChI=1S/C12H20N4O2S/c1-2-5-9-15-16-11(19-9)13-10(18)14-12(8-17)6-3-4-7-12/h17H,2-8H2,1H3,(H2,13,14,16,18). The molecule has 106 valence electrons. The van der Waals surface area contributed by atoms with Crippen LogP contribution < -0.4 is 10.6 Å². The molecule has 2 rings (SSSR count). The Morgan fingerprint density at radius 2 is 2.16 bits per heavy atom. The summed E-state index contributed by atoms with van der Waals surface area (Å²) in [4.78, 5) is 11.9. The van der Waals surface area contributed by atoms with Crippen molar-refractivity contribution in [3.05, 3.63) is 5.01 Å². The lowest BCUT2D eigenvalue weighted by atomic mass is 9.99. The van der Waals surface area contributed by atoms with Crippen LogP contribution in [0, 0.1) is 0 Å². The molecule has 0 aromatic carbocycles. The maximum absolute atomic E-state index is 11.9. The number of aromatic nitrogens is 2. The quantitative estimate of drug-likeness (QED) is 0.771. The number of carbonyl (C=O) groups excluding carboxylic acids is 1. The predicted octanol–water partition coefficient (Wildman–Crippen LogP) is 1.92. The van der Waals surface area contributed by atoms with E-state index in [1.807, 2.05) is 0 Å². The fourth-order valence-corrected chi connectivity index (χ4v) is 3.20. The third kappa shape index (κ3) is 3.63. The van der Waals surface area contributed by atoms with E-state index in [4.69, 9.17) is 0 Å². The number of rotatable bonds is 5. The van der Waals surface area contributed by atoms with E-state index in [0.717, 1.165) is 43.5 Å². The van der Waals surface area contributed by atoms with Crippen LogP contribution in [0.15, 0.2) is 0 Å². The van der Waals surface area contributed by atoms with Crippen molar-refractivity contribution < 1.29 is 9.90 Å². The summed E-state index contributed by atoms with van der Waals surface area (Å²) < 4.78 is 0. The molecule has 7 heteroatoms. The first-order valence-electron chi connectivity index (χ1n) is 6.70. The van der Waals surface area contributed by atoms with Gasteiger partial charge in [-0.05, 0) is 19.3 Å². The first-order chi connectivity index (χ1) is 9.17. The number of urea groups is 1. The Bertz CT molecular complexity index is 429. The van der Waals surface area contributed by atoms with Gasteiger partial charge in [0, 0.05) is 6.42 Å². The smallest absolute Gasteiger partial charge is 0.321 e. The number of carbonyl (C=O) groups is 1. The SMILES string of the molecule is CCCc1nnc(NC(=O)NC2(CO)CCCC2)s1. The number of anilines is 1. The highest BCUT2D eigenvalue weighted by molar-refractivity contribution is 7.15. The molecule has 0 unspecified atom stereocenters. The number of hydrogen-bond acceptors (Lipinski definition) is 5. The van der Waals surface area contributed by atoms with Crippen molar-refractivity contribution in [1.82, 2.24) is 15.5 Å². The van der Waals surface area contributed by atoms with Crippen LogP contribution in [0.4, 0.5) is 9.93 Å². The average Bonchev–Trinajstić information content (AvgIpc) is 3.00. The lowest BCUT2D eigenvalue weighted by molar-refractivity contribution is 0.167. The third-order valence-corrected chi connectivity index (χ3v) is 4.29. The maximum atomic E-state index is 11.9. The van der Waals surface area contributed by atoms with Gasteiger partial charge >= 0.3 is 6.03 Å². The zero-order chi connectivity index (χ0) is 13.7. The van der Waals surface area contributed by atoms with Crippen LogP contribution in [0.5, 0.6) is 0 Å². The van der Waals surface area contributed by atoms with E-state index in [0.29, 0.717) is 5.13 Å². The number of nitrogens with zero attached hydrogens (tertiary/aromatic N) is 2. The fraction of sp³-hybridized carbons (Fsp3) is 0.750. The zero-order valence-electron chi connectivity index (χ0n) is 11.1. The molecule has 1 fully saturated rings. The summed E-state index contributed by atoms with van der Waals surface area (Å²) in [6.45, 7) is 2.06. The first kappa shape index (κ1) is 14.2. The van der Waals surface area contributed by atoms with Gasteiger partial charge in [0.2, 0.25) is 5.13 Å². The largest absolute Gasteiger partial charge is 0.394 e. The molecule has 0 saturated heterocycles. The van der Waals surface area contributed by atoms with E-state index in [2.05, 4.69) is 27.8 Å². The molecule has 6 nitrogen and oxygen atoms in total. The molecule has 1 aromatic heterocycles. The highest BCUT2D eigenvalue weighted by atomic mass is 32.1. The molecule has 0 spiro atoms. The van der Waals surface area contributed by atoms with Crippen LogP contribution in [0.2, 0.25) is 0 Å². The van der Waals surface area contributed by atoms with Gasteiger partial charge in [0.05, 0.1) is 12.1 Å². The fourth-order valence-electron chi connectivity index (χ4n) is 2.36. The van der Waals surface area contributed by atoms with Crippen molar-refractivity contribution in [2.45, 2.75) is 51.0 Å². The minimum absolute atomic E-state index is 0.0162. The normalized spacial score (nSPS) is 17.4. The van der Waals surface area contributed by atoms with Gasteiger partial charge in [0.25, 0.3) is 0 Å². The molecule has 1 heterocycles. The molecule has 2 amide bonds. The summed E-state index contributed by atoms with van der Waals surface area (Å²) in [7, 11) is 0. The van der Waals surface area contributed by atoms with E-state index in [1.165, 1.54) is 11.3 Å². The second kappa shape index (κ2) is 6.29. The Balaban J connectivity index is 1.89. The lowest BCUT2D eigenvalue weighted by Crippen LogP contribution is -2.50. The van der Waals surface area contributed by atoms with Gasteiger partial charge in [-0.1, -0.05) is 31.1 Å². The number of aliphatic hydroxyl groups excluding tert-OH is 1. The van der Waals surface area contributed by atoms with E-state index < -0.39 is 5.54 Å². The van der Waals surface area contributed by atoms with Crippen molar-refractivity contribution in [3.63, 3.8) is 0 Å². The second-order valence-electron chi connectivity index (χ2n) is 4.98. The number of amides is 2. The summed E-state index contributed by atoms with van der Waals surface area (Å²) in [6, 6.07) is -0.310. The Morgan fingerprint density at radius 3 is 2.79 bits per heavy atom. The van der Waals surface area contributed by atoms with Gasteiger partial charge in [-0.15, -0.1) is 10.2 Å². The van der Waals surface area contributed by atoms with Crippen LogP contribution in [0.3, 0.4) is 0 Å². The molecule has 1 aliphatic rings. The molecule has 1 saturated carbocycles. The van der Waals surface area contributed by atoms with Gasteiger partial charge in [-0.25, -0.2) is 4.79 Å². The van der Waals surface area contributed by atoms with Crippen molar-refractivity contribution >= 4 is 22.5 Å². The van der Waals surface area contributed by atoms with E-state index in [-0.39, 0.29) is 12.6 Å². The highest BCUT2D eigenvalue weighted by Gasteiger charge is 2.34. The predicted molar refractivity (Wildman–Crippen MR) is 74.3 cm³/mol. The van der Waals surface area contributed by atoms with Gasteiger partial charge in [0.15, 0.2) is 0 Å². The molecular formula is C12H20N4O2S. The molecule has 19 heavy (non-hydrogen) atoms. The first-order valence-corrected chi connectivity index (χ1v) is 7.51. The van der Waals surface area contributed by atoms with Crippen LogP contribution in [0.1, 0.15) is 44.0 Å². The summed E-state index contributed by atoms with van der Waals surface area (Å²) in [6.07, 6.45) is 5.62. The Morgan fingerprint density at radius 1 is 1.42 bits per heavy atom. The molecule has 0 bridgehead atoms. The summed E-state index contributed by atoms with van der Waals surface area (Å²) in [5.41, 5.74) is -0.457. The monoisotopic (exact) mass is 284 g/mol. The third-order valence-electron chi connectivity index (χ3n) is 3.39. The summed E-state index contributed by atoms with van der Waals surface area (Å²) in [5, 5.41) is 24.4. The molecule has 3 N–H and O–H groups in total. The van der Waals surface area contributed by atoms with Crippen LogP contribution in [-0.2, 0) is 6.42 Å². The molecule has 1 aromatic rings. The lowest BCUT2D eigenvalue weighted by Gasteiger charge is -2.27. The van der Waals surface area contributed by atoms with Crippen molar-refractivity contribution in [2.24, 2.45) is 0 Å². The zero-order valence-corrected chi connectivity index (χ0v) is 11.9. The molecule has 0 aliphatic heterocycles. The van der Waals surface area contributed by atoms with Gasteiger partial charge in [-0.2, -0.15) is 0 Å². The van der Waals surface area contributed by atoms with Gasteiger partial charge < -0.3 is 10.4 Å². The Kier molecular flexibility index (Phi) is 4.71. The van der Waals surface area contributed by atoms with E-state index in [9.17, 15) is 9.90 Å². The number of hydrogen-bond donors (Lipinski definition) is 3. The summed E-state index contributed by atoms with van der Waals surface area (Å²) >= 11 is 1.39. The minimum atomic E-state index is -0.457. The van der Waals surface area contributed by atoms with Crippen LogP contribution >= 0.6 is 11.3 Å². The molecular weight excluding hydrogens is 264 g/mol. The van der Waals surface area contributed by atoms with E-state index in [1.54, 1.807) is 0 Å². The topological polar surface area (TPSA) is 87.1 Å². The summed E-state index contributed by atoms with van der Waals surface area (Å²) in [5.74, 6) is 0. The molecule has 0 atom stereocenters. The minimum Gasteiger partial charge on any atom is -0.394 e. The number of nitrogens with one attached hydrogen (secondary N) is 2. The highest BCUT2D eigenvalue weighted by Crippen LogP contribution is 2.29. The molecule has 1 aliphatic carbocycles. The maximum Gasteiger partial charge on any atom is 0.321 e. The number of aliphatic hydroxyl groups is 1. The van der Waals surface area contributed by atoms with Gasteiger partial charge in [0.1, 0.15) is 5.01 Å². The van der Waals surface area contributed by atoms with Crippen molar-refractivity contribution in [1.29, 1.82) is 0 Å². The van der Waals surface area contributed by atoms with Crippen LogP contribution in [0.25, 0.3) is 0 Å². The van der Waals surface area contributed by atoms with Crippen molar-refractivity contribution in [3.8, 4) is 0 Å². The average molecular weight is 284 g/mol. The Hall–Kier alpha value is -1.21. The van der Waals surface area contributed by atoms with Crippen molar-refractivity contribution in [2.75, 3.05) is 11.9 Å². The van der Waals surface area contributed by atoms with Gasteiger partial charge in [-0.3, -0.25) is 5.32 Å². The molecule has 0 radical (unpaired) electrons. The number of aryl methyl sites for hydroxylation is 1. The Labute approximate surface area is 116 Å². The van der Waals surface area contributed by atoms with Crippen LogP contribution in [-0.4, -0.2) is 33.5 Å².